The van der Waals surface area contributed by atoms with Crippen molar-refractivity contribution in [3.8, 4) is 0 Å². The Balaban J connectivity index is 0.000000592. The Morgan fingerprint density at radius 2 is 1.87 bits per heavy atom. The summed E-state index contributed by atoms with van der Waals surface area (Å²) in [5.41, 5.74) is 3.92. The molecule has 3 N–H and O–H groups in total. The average molecular weight is 546 g/mol. The number of carboxylic acids is 1. The lowest BCUT2D eigenvalue weighted by Gasteiger charge is -2.38. The van der Waals surface area contributed by atoms with Gasteiger partial charge in [-0.05, 0) is 35.0 Å². The third kappa shape index (κ3) is 6.91. The van der Waals surface area contributed by atoms with Crippen LogP contribution in [0.4, 0.5) is 30.7 Å². The summed E-state index contributed by atoms with van der Waals surface area (Å²) in [7, 11) is -2.46. The van der Waals surface area contributed by atoms with Crippen LogP contribution >= 0.6 is 15.9 Å². The topological polar surface area (TPSA) is 121 Å². The van der Waals surface area contributed by atoms with Gasteiger partial charge in [-0.25, -0.2) is 32.0 Å². The second kappa shape index (κ2) is 9.13. The van der Waals surface area contributed by atoms with Crippen LogP contribution in [0, 0.1) is 5.82 Å². The van der Waals surface area contributed by atoms with Gasteiger partial charge in [0.2, 0.25) is 5.96 Å². The molecule has 1 aliphatic heterocycles. The molecule has 0 radical (unpaired) electrons. The van der Waals surface area contributed by atoms with E-state index in [9.17, 15) is 34.9 Å². The molecule has 1 unspecified atom stereocenters. The van der Waals surface area contributed by atoms with Crippen molar-refractivity contribution in [2.45, 2.75) is 24.8 Å². The van der Waals surface area contributed by atoms with E-state index in [0.29, 0.717) is 8.91 Å². The average Bonchev–Trinajstić information content (AvgIpc) is 2.59. The molecule has 0 aromatic carbocycles. The molecule has 0 spiro atoms. The van der Waals surface area contributed by atoms with Gasteiger partial charge in [-0.3, -0.25) is 0 Å². The molecule has 0 saturated carbocycles. The van der Waals surface area contributed by atoms with Crippen molar-refractivity contribution in [3.63, 3.8) is 0 Å². The number of guanidine groups is 1. The largest absolute Gasteiger partial charge is 0.490 e. The molecule has 2 heterocycles. The van der Waals surface area contributed by atoms with Gasteiger partial charge in [-0.1, -0.05) is 0 Å². The fourth-order valence-electron chi connectivity index (χ4n) is 2.36. The molecule has 2 atom stereocenters. The maximum absolute atomic E-state index is 14.1. The van der Waals surface area contributed by atoms with E-state index in [2.05, 4.69) is 30.3 Å². The Labute approximate surface area is 179 Å². The summed E-state index contributed by atoms with van der Waals surface area (Å²) in [6.45, 7) is -0.170. The van der Waals surface area contributed by atoms with Gasteiger partial charge in [-0.2, -0.15) is 26.3 Å². The smallest absolute Gasteiger partial charge is 0.475 e. The minimum Gasteiger partial charge on any atom is -0.475 e. The Morgan fingerprint density at radius 1 is 1.35 bits per heavy atom. The highest BCUT2D eigenvalue weighted by Crippen LogP contribution is 2.35. The van der Waals surface area contributed by atoms with Gasteiger partial charge >= 0.3 is 18.3 Å². The highest BCUT2D eigenvalue weighted by molar-refractivity contribution is 9.10. The summed E-state index contributed by atoms with van der Waals surface area (Å²) in [5, 5.41) is 7.12. The van der Waals surface area contributed by atoms with Gasteiger partial charge in [0.25, 0.3) is 0 Å². The van der Waals surface area contributed by atoms with E-state index in [1.165, 1.54) is 13.0 Å². The molecule has 1 aromatic heterocycles. The lowest BCUT2D eigenvalue weighted by Crippen LogP contribution is -2.55. The van der Waals surface area contributed by atoms with Gasteiger partial charge in [0.05, 0.1) is 5.75 Å². The number of aliphatic carboxylic acids is 1. The first-order valence-corrected chi connectivity index (χ1v) is 10.2. The van der Waals surface area contributed by atoms with Gasteiger partial charge in [0.15, 0.2) is 0 Å². The molecule has 8 nitrogen and oxygen atoms in total. The van der Waals surface area contributed by atoms with Crippen LogP contribution in [0.2, 0.25) is 0 Å². The zero-order valence-electron chi connectivity index (χ0n) is 15.6. The van der Waals surface area contributed by atoms with Crippen molar-refractivity contribution in [1.82, 2.24) is 9.29 Å². The summed E-state index contributed by atoms with van der Waals surface area (Å²) in [6, 6.07) is 2.48. The number of carboxylic acid groups (broad SMARTS) is 1. The molecule has 0 saturated heterocycles. The van der Waals surface area contributed by atoms with Crippen LogP contribution in [0.1, 0.15) is 12.6 Å². The molecule has 0 amide bonds. The molecule has 2 rings (SSSR count). The van der Waals surface area contributed by atoms with Crippen LogP contribution in [0.3, 0.4) is 0 Å². The highest BCUT2D eigenvalue weighted by Gasteiger charge is 2.46. The van der Waals surface area contributed by atoms with Crippen molar-refractivity contribution < 1.29 is 44.8 Å². The standard InChI is InChI=1S/C12H14BrF4N5OS.C2HF3O2/c1-11(9-7(14)3-4-8(13)20-9)6-24(23,19-2)22(10(18)21-11)5-12(15,16)17;3-2(4,5)1(6)7/h3-4H,5-6H2,1-2H3,(H2,18,21);(H,6,7)/t11-,24?;/m0./s1. The van der Waals surface area contributed by atoms with Crippen molar-refractivity contribution in [2.24, 2.45) is 15.1 Å². The number of pyridine rings is 1. The Morgan fingerprint density at radius 3 is 2.29 bits per heavy atom. The van der Waals surface area contributed by atoms with E-state index in [4.69, 9.17) is 15.6 Å². The number of halogens is 8. The molecule has 0 fully saturated rings. The molecule has 1 aromatic rings. The van der Waals surface area contributed by atoms with E-state index in [1.54, 1.807) is 0 Å². The fraction of sp³-hybridized carbons (Fsp3) is 0.500. The number of nitrogens with zero attached hydrogens (tertiary/aromatic N) is 4. The molecule has 176 valence electrons. The monoisotopic (exact) mass is 545 g/mol. The first-order chi connectivity index (χ1) is 13.8. The molecule has 0 aliphatic carbocycles. The predicted molar refractivity (Wildman–Crippen MR) is 98.7 cm³/mol. The minimum atomic E-state index is -5.08. The SMILES string of the molecule is CN=S1(=O)C[C@@](C)(c2nc(Br)ccc2F)N=C(N)N1CC(F)(F)F.O=C(O)C(F)(F)F. The number of carbonyl (C=O) groups is 1. The van der Waals surface area contributed by atoms with Crippen molar-refractivity contribution >= 4 is 37.8 Å². The zero-order chi connectivity index (χ0) is 24.4. The van der Waals surface area contributed by atoms with E-state index in [-0.39, 0.29) is 5.69 Å². The second-order valence-electron chi connectivity index (χ2n) is 6.10. The predicted octanol–water partition coefficient (Wildman–Crippen LogP) is 3.04. The Hall–Kier alpha value is -2.17. The number of aromatic nitrogens is 1. The summed E-state index contributed by atoms with van der Waals surface area (Å²) in [4.78, 5) is 16.8. The Bertz CT molecular complexity index is 991. The lowest BCUT2D eigenvalue weighted by molar-refractivity contribution is -0.192. The number of aliphatic imine (C=N–C) groups is 1. The molecule has 1 aliphatic rings. The van der Waals surface area contributed by atoms with Gasteiger partial charge in [0, 0.05) is 7.05 Å². The maximum Gasteiger partial charge on any atom is 0.490 e. The van der Waals surface area contributed by atoms with Crippen LogP contribution in [0.25, 0.3) is 0 Å². The van der Waals surface area contributed by atoms with Crippen LogP contribution in [-0.2, 0) is 20.2 Å². The highest BCUT2D eigenvalue weighted by atomic mass is 79.9. The van der Waals surface area contributed by atoms with Gasteiger partial charge < -0.3 is 10.8 Å². The minimum absolute atomic E-state index is 0.178. The van der Waals surface area contributed by atoms with Crippen LogP contribution < -0.4 is 5.73 Å². The first kappa shape index (κ1) is 26.9. The van der Waals surface area contributed by atoms with E-state index in [0.717, 1.165) is 13.1 Å². The molecular weight excluding hydrogens is 531 g/mol. The maximum atomic E-state index is 14.1. The van der Waals surface area contributed by atoms with Crippen molar-refractivity contribution in [3.05, 3.63) is 28.2 Å². The fourth-order valence-corrected chi connectivity index (χ4v) is 4.76. The third-order valence-electron chi connectivity index (χ3n) is 3.60. The second-order valence-corrected chi connectivity index (χ2v) is 9.22. The normalized spacial score (nSPS) is 24.1. The number of nitrogens with two attached hydrogens (primary N) is 1. The zero-order valence-corrected chi connectivity index (χ0v) is 18.0. The summed E-state index contributed by atoms with van der Waals surface area (Å²) in [6.07, 6.45) is -9.74. The van der Waals surface area contributed by atoms with Gasteiger partial charge in [0.1, 0.15) is 38.1 Å². The Kier molecular flexibility index (Phi) is 7.92. The molecule has 17 heteroatoms. The third-order valence-corrected chi connectivity index (χ3v) is 6.56. The van der Waals surface area contributed by atoms with Crippen LogP contribution in [0.5, 0.6) is 0 Å². The van der Waals surface area contributed by atoms with Crippen LogP contribution in [-0.4, -0.2) is 62.2 Å². The molecule has 31 heavy (non-hydrogen) atoms. The van der Waals surface area contributed by atoms with Crippen molar-refractivity contribution in [1.29, 1.82) is 0 Å². The van der Waals surface area contributed by atoms with Gasteiger partial charge in [-0.15, -0.1) is 0 Å². The lowest BCUT2D eigenvalue weighted by atomic mass is 10.00. The number of alkyl halides is 6. The number of hydrogen-bond acceptors (Lipinski definition) is 6. The quantitative estimate of drug-likeness (QED) is 0.437. The van der Waals surface area contributed by atoms with Crippen molar-refractivity contribution in [2.75, 3.05) is 19.3 Å². The summed E-state index contributed by atoms with van der Waals surface area (Å²) >= 11 is 3.09. The summed E-state index contributed by atoms with van der Waals surface area (Å²) < 4.78 is 101. The number of rotatable bonds is 2. The molecular formula is C14H15BrF7N5O3S. The molecule has 0 bridgehead atoms. The van der Waals surface area contributed by atoms with E-state index in [1.807, 2.05) is 0 Å². The van der Waals surface area contributed by atoms with E-state index >= 15 is 0 Å². The first-order valence-electron chi connectivity index (χ1n) is 7.80. The van der Waals surface area contributed by atoms with E-state index < -0.39 is 57.9 Å². The summed E-state index contributed by atoms with van der Waals surface area (Å²) in [5.74, 6) is -4.60. The number of hydrogen-bond donors (Lipinski definition) is 2. The van der Waals surface area contributed by atoms with Crippen LogP contribution in [0.15, 0.2) is 26.1 Å².